The highest BCUT2D eigenvalue weighted by molar-refractivity contribution is 5.67. The number of aromatic nitrogens is 1. The molecule has 0 bridgehead atoms. The molecule has 3 aromatic rings. The number of nitrogens with zero attached hydrogens (tertiary/aromatic N) is 2. The molecule has 1 aromatic heterocycles. The average Bonchev–Trinajstić information content (AvgIpc) is 2.56. The van der Waals surface area contributed by atoms with Crippen LogP contribution in [0.4, 0.5) is 0 Å². The lowest BCUT2D eigenvalue weighted by atomic mass is 10.0. The first-order chi connectivity index (χ1) is 9.86. The molecule has 1 heterocycles. The molecule has 0 N–H and O–H groups in total. The SMILES string of the molecule is N#Cc1cccc(-c2ccc(-c3ccccc3)nc2)c1. The van der Waals surface area contributed by atoms with Gasteiger partial charge in [-0.15, -0.1) is 0 Å². The van der Waals surface area contributed by atoms with Crippen molar-refractivity contribution in [1.29, 1.82) is 5.26 Å². The molecule has 0 spiro atoms. The van der Waals surface area contributed by atoms with E-state index < -0.39 is 0 Å². The van der Waals surface area contributed by atoms with Gasteiger partial charge in [0.05, 0.1) is 17.3 Å². The van der Waals surface area contributed by atoms with E-state index in [1.807, 2.05) is 66.9 Å². The highest BCUT2D eigenvalue weighted by Gasteiger charge is 2.02. The summed E-state index contributed by atoms with van der Waals surface area (Å²) in [5.74, 6) is 0. The maximum Gasteiger partial charge on any atom is 0.0991 e. The van der Waals surface area contributed by atoms with Crippen LogP contribution in [0.3, 0.4) is 0 Å². The number of hydrogen-bond donors (Lipinski definition) is 0. The minimum absolute atomic E-state index is 0.662. The van der Waals surface area contributed by atoms with Crippen molar-refractivity contribution in [2.75, 3.05) is 0 Å². The summed E-state index contributed by atoms with van der Waals surface area (Å²) in [5, 5.41) is 8.94. The maximum atomic E-state index is 8.94. The van der Waals surface area contributed by atoms with Crippen molar-refractivity contribution >= 4 is 0 Å². The largest absolute Gasteiger partial charge is 0.256 e. The maximum absolute atomic E-state index is 8.94. The van der Waals surface area contributed by atoms with Crippen LogP contribution in [0.5, 0.6) is 0 Å². The molecule has 2 heteroatoms. The zero-order valence-electron chi connectivity index (χ0n) is 10.8. The predicted octanol–water partition coefficient (Wildman–Crippen LogP) is 4.29. The summed E-state index contributed by atoms with van der Waals surface area (Å²) >= 11 is 0. The number of rotatable bonds is 2. The second kappa shape index (κ2) is 5.38. The zero-order valence-corrected chi connectivity index (χ0v) is 10.8. The Morgan fingerprint density at radius 2 is 1.55 bits per heavy atom. The molecule has 0 aliphatic rings. The summed E-state index contributed by atoms with van der Waals surface area (Å²) in [5.41, 5.74) is 4.74. The monoisotopic (exact) mass is 256 g/mol. The summed E-state index contributed by atoms with van der Waals surface area (Å²) in [6, 6.07) is 23.8. The van der Waals surface area contributed by atoms with Crippen LogP contribution in [0.2, 0.25) is 0 Å². The van der Waals surface area contributed by atoms with Crippen molar-refractivity contribution in [3.05, 3.63) is 78.5 Å². The van der Waals surface area contributed by atoms with Crippen LogP contribution in [-0.4, -0.2) is 4.98 Å². The van der Waals surface area contributed by atoms with Crippen LogP contribution in [0.15, 0.2) is 72.9 Å². The molecule has 0 amide bonds. The summed E-state index contributed by atoms with van der Waals surface area (Å²) in [6.07, 6.45) is 1.85. The van der Waals surface area contributed by atoms with E-state index in [0.717, 1.165) is 22.4 Å². The van der Waals surface area contributed by atoms with E-state index >= 15 is 0 Å². The van der Waals surface area contributed by atoms with Crippen LogP contribution in [-0.2, 0) is 0 Å². The summed E-state index contributed by atoms with van der Waals surface area (Å²) in [6.45, 7) is 0. The molecule has 20 heavy (non-hydrogen) atoms. The van der Waals surface area contributed by atoms with Crippen LogP contribution in [0.1, 0.15) is 5.56 Å². The van der Waals surface area contributed by atoms with Gasteiger partial charge < -0.3 is 0 Å². The molecule has 0 saturated carbocycles. The summed E-state index contributed by atoms with van der Waals surface area (Å²) in [4.78, 5) is 4.50. The van der Waals surface area contributed by atoms with Gasteiger partial charge in [0.2, 0.25) is 0 Å². The molecule has 94 valence electrons. The van der Waals surface area contributed by atoms with Crippen molar-refractivity contribution in [2.45, 2.75) is 0 Å². The number of pyridine rings is 1. The van der Waals surface area contributed by atoms with Crippen molar-refractivity contribution in [3.63, 3.8) is 0 Å². The third kappa shape index (κ3) is 2.43. The van der Waals surface area contributed by atoms with E-state index in [-0.39, 0.29) is 0 Å². The third-order valence-electron chi connectivity index (χ3n) is 3.16. The van der Waals surface area contributed by atoms with Crippen molar-refractivity contribution in [2.24, 2.45) is 0 Å². The lowest BCUT2D eigenvalue weighted by Gasteiger charge is -2.04. The Labute approximate surface area is 118 Å². The Balaban J connectivity index is 1.96. The Hall–Kier alpha value is -2.92. The van der Waals surface area contributed by atoms with Gasteiger partial charge in [-0.2, -0.15) is 5.26 Å². The Morgan fingerprint density at radius 3 is 2.25 bits per heavy atom. The van der Waals surface area contributed by atoms with E-state index in [1.54, 1.807) is 6.07 Å². The topological polar surface area (TPSA) is 36.7 Å². The third-order valence-corrected chi connectivity index (χ3v) is 3.16. The van der Waals surface area contributed by atoms with Crippen molar-refractivity contribution < 1.29 is 0 Å². The van der Waals surface area contributed by atoms with Crippen LogP contribution >= 0.6 is 0 Å². The van der Waals surface area contributed by atoms with Gasteiger partial charge in [0.15, 0.2) is 0 Å². The van der Waals surface area contributed by atoms with Crippen molar-refractivity contribution in [3.8, 4) is 28.5 Å². The number of nitriles is 1. The van der Waals surface area contributed by atoms with E-state index in [2.05, 4.69) is 11.1 Å². The summed E-state index contributed by atoms with van der Waals surface area (Å²) in [7, 11) is 0. The quantitative estimate of drug-likeness (QED) is 0.686. The fourth-order valence-electron chi connectivity index (χ4n) is 2.11. The van der Waals surface area contributed by atoms with Gasteiger partial charge in [0, 0.05) is 17.3 Å². The molecule has 3 rings (SSSR count). The van der Waals surface area contributed by atoms with Gasteiger partial charge >= 0.3 is 0 Å². The molecular formula is C18H12N2. The van der Waals surface area contributed by atoms with Gasteiger partial charge in [-0.25, -0.2) is 0 Å². The molecule has 2 aromatic carbocycles. The molecule has 0 fully saturated rings. The Kier molecular flexibility index (Phi) is 3.26. The smallest absolute Gasteiger partial charge is 0.0991 e. The number of benzene rings is 2. The highest BCUT2D eigenvalue weighted by atomic mass is 14.7. The lowest BCUT2D eigenvalue weighted by molar-refractivity contribution is 1.32. The second-order valence-corrected chi connectivity index (χ2v) is 4.49. The first kappa shape index (κ1) is 12.1. The minimum Gasteiger partial charge on any atom is -0.256 e. The lowest BCUT2D eigenvalue weighted by Crippen LogP contribution is -1.85. The molecule has 0 aliphatic carbocycles. The molecule has 2 nitrogen and oxygen atoms in total. The second-order valence-electron chi connectivity index (χ2n) is 4.49. The van der Waals surface area contributed by atoms with Crippen LogP contribution < -0.4 is 0 Å². The van der Waals surface area contributed by atoms with E-state index in [4.69, 9.17) is 5.26 Å². The van der Waals surface area contributed by atoms with E-state index in [0.29, 0.717) is 5.56 Å². The fraction of sp³-hybridized carbons (Fsp3) is 0. The van der Waals surface area contributed by atoms with Gasteiger partial charge in [0.25, 0.3) is 0 Å². The van der Waals surface area contributed by atoms with Gasteiger partial charge in [0.1, 0.15) is 0 Å². The average molecular weight is 256 g/mol. The van der Waals surface area contributed by atoms with Crippen LogP contribution in [0.25, 0.3) is 22.4 Å². The highest BCUT2D eigenvalue weighted by Crippen LogP contribution is 2.23. The number of hydrogen-bond acceptors (Lipinski definition) is 2. The molecule has 0 radical (unpaired) electrons. The molecule has 0 aliphatic heterocycles. The minimum atomic E-state index is 0.662. The van der Waals surface area contributed by atoms with Gasteiger partial charge in [-0.3, -0.25) is 4.98 Å². The Bertz CT molecular complexity index is 753. The van der Waals surface area contributed by atoms with Gasteiger partial charge in [-0.05, 0) is 23.8 Å². The normalized spacial score (nSPS) is 9.95. The van der Waals surface area contributed by atoms with E-state index in [1.165, 1.54) is 0 Å². The first-order valence-corrected chi connectivity index (χ1v) is 6.39. The Morgan fingerprint density at radius 1 is 0.750 bits per heavy atom. The standard InChI is InChI=1S/C18H12N2/c19-12-14-5-4-8-16(11-14)17-9-10-18(20-13-17)15-6-2-1-3-7-15/h1-11,13H. The molecule has 0 atom stereocenters. The van der Waals surface area contributed by atoms with E-state index in [9.17, 15) is 0 Å². The molecule has 0 unspecified atom stereocenters. The fourth-order valence-corrected chi connectivity index (χ4v) is 2.11. The van der Waals surface area contributed by atoms with Crippen molar-refractivity contribution in [1.82, 2.24) is 4.98 Å². The van der Waals surface area contributed by atoms with Crippen LogP contribution in [0, 0.1) is 11.3 Å². The predicted molar refractivity (Wildman–Crippen MR) is 79.8 cm³/mol. The van der Waals surface area contributed by atoms with Gasteiger partial charge in [-0.1, -0.05) is 48.5 Å². The molecule has 0 saturated heterocycles. The first-order valence-electron chi connectivity index (χ1n) is 6.39. The molecular weight excluding hydrogens is 244 g/mol. The summed E-state index contributed by atoms with van der Waals surface area (Å²) < 4.78 is 0. The zero-order chi connectivity index (χ0) is 13.8.